The fourth-order valence-electron chi connectivity index (χ4n) is 1.92. The fraction of sp³-hybridized carbons (Fsp3) is 0.235. The van der Waals surface area contributed by atoms with Gasteiger partial charge in [0.2, 0.25) is 5.91 Å². The van der Waals surface area contributed by atoms with E-state index >= 15 is 0 Å². The number of thioether (sulfide) groups is 1. The van der Waals surface area contributed by atoms with Crippen LogP contribution in [0.4, 0.5) is 0 Å². The van der Waals surface area contributed by atoms with Gasteiger partial charge in [-0.15, -0.1) is 11.8 Å². The Morgan fingerprint density at radius 1 is 1.14 bits per heavy atom. The average molecular weight is 320 g/mol. The van der Waals surface area contributed by atoms with E-state index in [4.69, 9.17) is 11.6 Å². The summed E-state index contributed by atoms with van der Waals surface area (Å²) in [5.74, 6) is 0.558. The molecule has 0 aliphatic carbocycles. The third kappa shape index (κ3) is 4.80. The lowest BCUT2D eigenvalue weighted by molar-refractivity contribution is -0.127. The molecule has 0 spiro atoms. The molecule has 110 valence electrons. The Morgan fingerprint density at radius 2 is 1.81 bits per heavy atom. The van der Waals surface area contributed by atoms with E-state index < -0.39 is 0 Å². The van der Waals surface area contributed by atoms with Crippen LogP contribution in [0.2, 0.25) is 5.02 Å². The first-order valence-electron chi connectivity index (χ1n) is 6.73. The summed E-state index contributed by atoms with van der Waals surface area (Å²) in [7, 11) is 1.84. The van der Waals surface area contributed by atoms with Gasteiger partial charge in [0.25, 0.3) is 0 Å². The molecule has 2 nitrogen and oxygen atoms in total. The summed E-state index contributed by atoms with van der Waals surface area (Å²) in [4.78, 5) is 15.0. The zero-order valence-electron chi connectivity index (χ0n) is 12.2. The van der Waals surface area contributed by atoms with Crippen molar-refractivity contribution in [2.45, 2.75) is 18.4 Å². The Labute approximate surface area is 135 Å². The summed E-state index contributed by atoms with van der Waals surface area (Å²) < 4.78 is 0. The number of hydrogen-bond acceptors (Lipinski definition) is 2. The van der Waals surface area contributed by atoms with Gasteiger partial charge in [0.15, 0.2) is 0 Å². The Bertz CT molecular complexity index is 612. The molecular formula is C17H18ClNOS. The first-order valence-corrected chi connectivity index (χ1v) is 8.09. The number of aryl methyl sites for hydroxylation is 1. The minimum absolute atomic E-state index is 0.123. The maximum atomic E-state index is 12.2. The molecule has 0 aromatic heterocycles. The van der Waals surface area contributed by atoms with E-state index in [1.807, 2.05) is 43.4 Å². The van der Waals surface area contributed by atoms with Crippen LogP contribution < -0.4 is 0 Å². The molecule has 0 aliphatic heterocycles. The first-order chi connectivity index (χ1) is 10.1. The molecule has 0 atom stereocenters. The molecule has 2 aromatic carbocycles. The average Bonchev–Trinajstić information content (AvgIpc) is 2.48. The minimum Gasteiger partial charge on any atom is -0.341 e. The molecular weight excluding hydrogens is 302 g/mol. The number of rotatable bonds is 5. The van der Waals surface area contributed by atoms with Crippen LogP contribution >= 0.6 is 23.4 Å². The van der Waals surface area contributed by atoms with Crippen molar-refractivity contribution in [3.63, 3.8) is 0 Å². The topological polar surface area (TPSA) is 20.3 Å². The molecule has 0 fully saturated rings. The third-order valence-corrected chi connectivity index (χ3v) is 4.52. The van der Waals surface area contributed by atoms with E-state index in [2.05, 4.69) is 19.1 Å². The molecule has 21 heavy (non-hydrogen) atoms. The van der Waals surface area contributed by atoms with E-state index in [0.29, 0.717) is 17.3 Å². The number of benzene rings is 2. The van der Waals surface area contributed by atoms with Crippen LogP contribution in [0.1, 0.15) is 11.1 Å². The molecule has 0 radical (unpaired) electrons. The Kier molecular flexibility index (Phi) is 5.71. The second-order valence-electron chi connectivity index (χ2n) is 4.92. The zero-order chi connectivity index (χ0) is 15.2. The Balaban J connectivity index is 1.88. The van der Waals surface area contributed by atoms with Crippen molar-refractivity contribution in [3.05, 3.63) is 64.7 Å². The molecule has 0 bridgehead atoms. The molecule has 2 rings (SSSR count). The second-order valence-corrected chi connectivity index (χ2v) is 6.40. The summed E-state index contributed by atoms with van der Waals surface area (Å²) in [6.45, 7) is 2.71. The van der Waals surface area contributed by atoms with Crippen LogP contribution in [-0.2, 0) is 11.3 Å². The van der Waals surface area contributed by atoms with Gasteiger partial charge in [-0.2, -0.15) is 0 Å². The quantitative estimate of drug-likeness (QED) is 0.761. The van der Waals surface area contributed by atoms with E-state index in [0.717, 1.165) is 4.90 Å². The lowest BCUT2D eigenvalue weighted by Crippen LogP contribution is -2.28. The maximum Gasteiger partial charge on any atom is 0.232 e. The normalized spacial score (nSPS) is 10.4. The number of nitrogens with zero attached hydrogens (tertiary/aromatic N) is 1. The van der Waals surface area contributed by atoms with Crippen molar-refractivity contribution in [1.29, 1.82) is 0 Å². The SMILES string of the molecule is Cc1ccccc1CN(C)C(=O)CSc1ccc(Cl)cc1. The summed E-state index contributed by atoms with van der Waals surface area (Å²) in [6, 6.07) is 15.7. The minimum atomic E-state index is 0.123. The monoisotopic (exact) mass is 319 g/mol. The predicted octanol–water partition coefficient (Wildman–Crippen LogP) is 4.40. The van der Waals surface area contributed by atoms with Crippen molar-refractivity contribution in [1.82, 2.24) is 4.90 Å². The van der Waals surface area contributed by atoms with Crippen LogP contribution in [0.3, 0.4) is 0 Å². The van der Waals surface area contributed by atoms with Crippen molar-refractivity contribution in [2.75, 3.05) is 12.8 Å². The van der Waals surface area contributed by atoms with E-state index in [-0.39, 0.29) is 5.91 Å². The first kappa shape index (κ1) is 15.9. The Hall–Kier alpha value is -1.45. The second kappa shape index (κ2) is 7.53. The lowest BCUT2D eigenvalue weighted by atomic mass is 10.1. The Morgan fingerprint density at radius 3 is 2.48 bits per heavy atom. The van der Waals surface area contributed by atoms with E-state index in [1.54, 1.807) is 4.90 Å². The highest BCUT2D eigenvalue weighted by Crippen LogP contribution is 2.21. The maximum absolute atomic E-state index is 12.2. The van der Waals surface area contributed by atoms with Crippen molar-refractivity contribution >= 4 is 29.3 Å². The van der Waals surface area contributed by atoms with E-state index in [1.165, 1.54) is 22.9 Å². The molecule has 0 aliphatic rings. The van der Waals surface area contributed by atoms with Crippen LogP contribution in [-0.4, -0.2) is 23.6 Å². The summed E-state index contributed by atoms with van der Waals surface area (Å²) in [6.07, 6.45) is 0. The van der Waals surface area contributed by atoms with Crippen molar-refractivity contribution < 1.29 is 4.79 Å². The number of carbonyl (C=O) groups excluding carboxylic acids is 1. The number of halogens is 1. The predicted molar refractivity (Wildman–Crippen MR) is 89.8 cm³/mol. The van der Waals surface area contributed by atoms with Crippen LogP contribution in [0.5, 0.6) is 0 Å². The highest BCUT2D eigenvalue weighted by molar-refractivity contribution is 8.00. The molecule has 0 saturated heterocycles. The summed E-state index contributed by atoms with van der Waals surface area (Å²) >= 11 is 7.38. The molecule has 0 saturated carbocycles. The van der Waals surface area contributed by atoms with Gasteiger partial charge in [-0.1, -0.05) is 35.9 Å². The van der Waals surface area contributed by atoms with Gasteiger partial charge in [-0.25, -0.2) is 0 Å². The van der Waals surface area contributed by atoms with Crippen LogP contribution in [0.25, 0.3) is 0 Å². The van der Waals surface area contributed by atoms with Crippen LogP contribution in [0, 0.1) is 6.92 Å². The summed E-state index contributed by atoms with van der Waals surface area (Å²) in [5, 5.41) is 0.711. The third-order valence-electron chi connectivity index (χ3n) is 3.27. The fourth-order valence-corrected chi connectivity index (χ4v) is 2.88. The van der Waals surface area contributed by atoms with Crippen LogP contribution in [0.15, 0.2) is 53.4 Å². The molecule has 0 heterocycles. The molecule has 4 heteroatoms. The highest BCUT2D eigenvalue weighted by atomic mass is 35.5. The zero-order valence-corrected chi connectivity index (χ0v) is 13.7. The van der Waals surface area contributed by atoms with Gasteiger partial charge in [0.1, 0.15) is 0 Å². The van der Waals surface area contributed by atoms with Crippen molar-refractivity contribution in [2.24, 2.45) is 0 Å². The van der Waals surface area contributed by atoms with Gasteiger partial charge in [-0.3, -0.25) is 4.79 Å². The standard InChI is InChI=1S/C17H18ClNOS/c1-13-5-3-4-6-14(13)11-19(2)17(20)12-21-16-9-7-15(18)8-10-16/h3-10H,11-12H2,1-2H3. The summed E-state index contributed by atoms with van der Waals surface area (Å²) in [5.41, 5.74) is 2.40. The number of carbonyl (C=O) groups is 1. The smallest absolute Gasteiger partial charge is 0.232 e. The van der Waals surface area contributed by atoms with Gasteiger partial charge in [0, 0.05) is 23.5 Å². The van der Waals surface area contributed by atoms with Gasteiger partial charge in [0.05, 0.1) is 5.75 Å². The lowest BCUT2D eigenvalue weighted by Gasteiger charge is -2.18. The number of amides is 1. The molecule has 0 unspecified atom stereocenters. The molecule has 0 N–H and O–H groups in total. The molecule has 1 amide bonds. The van der Waals surface area contributed by atoms with E-state index in [9.17, 15) is 4.79 Å². The van der Waals surface area contributed by atoms with Gasteiger partial charge < -0.3 is 4.90 Å². The van der Waals surface area contributed by atoms with Gasteiger partial charge >= 0.3 is 0 Å². The van der Waals surface area contributed by atoms with Crippen molar-refractivity contribution in [3.8, 4) is 0 Å². The van der Waals surface area contributed by atoms with Gasteiger partial charge in [-0.05, 0) is 42.3 Å². The number of hydrogen-bond donors (Lipinski definition) is 0. The highest BCUT2D eigenvalue weighted by Gasteiger charge is 2.10. The molecule has 2 aromatic rings. The largest absolute Gasteiger partial charge is 0.341 e.